The first kappa shape index (κ1) is 10.5. The molecule has 1 atom stereocenters. The Balaban J connectivity index is 2.95. The third-order valence-corrected chi connectivity index (χ3v) is 2.21. The zero-order valence-corrected chi connectivity index (χ0v) is 7.92. The lowest BCUT2D eigenvalue weighted by molar-refractivity contribution is -0.143. The highest BCUT2D eigenvalue weighted by molar-refractivity contribution is 6.11. The Morgan fingerprint density at radius 3 is 2.64 bits per heavy atom. The summed E-state index contributed by atoms with van der Waals surface area (Å²) in [5.74, 6) is -1.78. The molecule has 0 spiro atoms. The molecule has 3 amide bonds. The highest BCUT2D eigenvalue weighted by Crippen LogP contribution is 2.16. The molecule has 0 aliphatic carbocycles. The third-order valence-electron chi connectivity index (χ3n) is 2.21. The van der Waals surface area contributed by atoms with Gasteiger partial charge >= 0.3 is 0 Å². The van der Waals surface area contributed by atoms with E-state index in [1.165, 1.54) is 6.92 Å². The first-order valence-electron chi connectivity index (χ1n) is 4.36. The number of hydrogen-bond acceptors (Lipinski definition) is 3. The molecule has 0 saturated carbocycles. The Hall–Kier alpha value is -1.59. The molecule has 1 aliphatic rings. The second-order valence-electron chi connectivity index (χ2n) is 3.31. The number of primary amides is 1. The molecule has 0 radical (unpaired) electrons. The fourth-order valence-corrected chi connectivity index (χ4v) is 1.54. The lowest BCUT2D eigenvalue weighted by atomic mass is 9.88. The van der Waals surface area contributed by atoms with Gasteiger partial charge in [0.1, 0.15) is 0 Å². The number of rotatable bonds is 2. The molecule has 4 N–H and O–H groups in total. The fourth-order valence-electron chi connectivity index (χ4n) is 1.54. The molecule has 6 nitrogen and oxygen atoms in total. The Morgan fingerprint density at radius 2 is 2.21 bits per heavy atom. The van der Waals surface area contributed by atoms with Crippen LogP contribution in [0.3, 0.4) is 0 Å². The van der Waals surface area contributed by atoms with Crippen LogP contribution in [0, 0.1) is 0 Å². The van der Waals surface area contributed by atoms with Gasteiger partial charge in [-0.05, 0) is 12.8 Å². The molecule has 6 heteroatoms. The van der Waals surface area contributed by atoms with E-state index in [0.29, 0.717) is 13.0 Å². The zero-order chi connectivity index (χ0) is 10.8. The van der Waals surface area contributed by atoms with E-state index in [4.69, 9.17) is 5.73 Å². The van der Waals surface area contributed by atoms with Gasteiger partial charge in [0.15, 0.2) is 5.54 Å². The molecule has 1 heterocycles. The normalized spacial score (nSPS) is 26.5. The molecule has 1 aliphatic heterocycles. The first-order valence-corrected chi connectivity index (χ1v) is 4.36. The van der Waals surface area contributed by atoms with Gasteiger partial charge < -0.3 is 16.4 Å². The summed E-state index contributed by atoms with van der Waals surface area (Å²) in [4.78, 5) is 33.5. The smallest absolute Gasteiger partial charge is 0.255 e. The van der Waals surface area contributed by atoms with Crippen LogP contribution < -0.4 is 16.4 Å². The molecule has 1 rings (SSSR count). The summed E-state index contributed by atoms with van der Waals surface area (Å²) < 4.78 is 0. The quantitative estimate of drug-likeness (QED) is 0.460. The average molecular weight is 199 g/mol. The number of piperidine rings is 1. The molecule has 1 unspecified atom stereocenters. The van der Waals surface area contributed by atoms with Crippen molar-refractivity contribution in [2.75, 3.05) is 6.54 Å². The van der Waals surface area contributed by atoms with Crippen molar-refractivity contribution in [1.82, 2.24) is 10.6 Å². The predicted octanol–water partition coefficient (Wildman–Crippen LogP) is -1.74. The summed E-state index contributed by atoms with van der Waals surface area (Å²) in [5, 5.41) is 4.82. The SMILES string of the molecule is CC(=O)NC1(C(N)=O)CCCNC1=O. The Kier molecular flexibility index (Phi) is 2.73. The van der Waals surface area contributed by atoms with Gasteiger partial charge in [-0.3, -0.25) is 14.4 Å². The van der Waals surface area contributed by atoms with Gasteiger partial charge in [0, 0.05) is 13.5 Å². The van der Waals surface area contributed by atoms with Gasteiger partial charge in [0.05, 0.1) is 0 Å². The molecule has 0 aromatic rings. The van der Waals surface area contributed by atoms with Gasteiger partial charge in [-0.1, -0.05) is 0 Å². The van der Waals surface area contributed by atoms with Crippen molar-refractivity contribution in [3.05, 3.63) is 0 Å². The first-order chi connectivity index (χ1) is 6.49. The van der Waals surface area contributed by atoms with Gasteiger partial charge in [0.25, 0.3) is 11.8 Å². The van der Waals surface area contributed by atoms with Gasteiger partial charge in [-0.15, -0.1) is 0 Å². The van der Waals surface area contributed by atoms with E-state index in [2.05, 4.69) is 10.6 Å². The number of carbonyl (C=O) groups excluding carboxylic acids is 3. The van der Waals surface area contributed by atoms with Crippen molar-refractivity contribution in [2.24, 2.45) is 5.73 Å². The van der Waals surface area contributed by atoms with Crippen molar-refractivity contribution in [3.63, 3.8) is 0 Å². The van der Waals surface area contributed by atoms with Gasteiger partial charge in [-0.25, -0.2) is 0 Å². The molecule has 1 fully saturated rings. The fraction of sp³-hybridized carbons (Fsp3) is 0.625. The zero-order valence-electron chi connectivity index (χ0n) is 7.92. The minimum Gasteiger partial charge on any atom is -0.367 e. The summed E-state index contributed by atoms with van der Waals surface area (Å²) in [6.45, 7) is 1.75. The van der Waals surface area contributed by atoms with Crippen molar-refractivity contribution >= 4 is 17.7 Å². The highest BCUT2D eigenvalue weighted by Gasteiger charge is 2.46. The lowest BCUT2D eigenvalue weighted by Crippen LogP contribution is -2.67. The number of nitrogens with two attached hydrogens (primary N) is 1. The Morgan fingerprint density at radius 1 is 1.57 bits per heavy atom. The largest absolute Gasteiger partial charge is 0.367 e. The number of nitrogens with one attached hydrogen (secondary N) is 2. The maximum Gasteiger partial charge on any atom is 0.255 e. The topological polar surface area (TPSA) is 101 Å². The minimum absolute atomic E-state index is 0.258. The molecule has 1 saturated heterocycles. The summed E-state index contributed by atoms with van der Waals surface area (Å²) in [5.41, 5.74) is 3.57. The lowest BCUT2D eigenvalue weighted by Gasteiger charge is -2.33. The maximum atomic E-state index is 11.5. The summed E-state index contributed by atoms with van der Waals surface area (Å²) >= 11 is 0. The van der Waals surface area contributed by atoms with Gasteiger partial charge in [0.2, 0.25) is 5.91 Å². The van der Waals surface area contributed by atoms with Crippen LogP contribution >= 0.6 is 0 Å². The number of amides is 3. The van der Waals surface area contributed by atoms with Crippen molar-refractivity contribution < 1.29 is 14.4 Å². The third kappa shape index (κ3) is 1.68. The number of hydrogen-bond donors (Lipinski definition) is 3. The molecule has 0 bridgehead atoms. The van der Waals surface area contributed by atoms with Crippen molar-refractivity contribution in [2.45, 2.75) is 25.3 Å². The van der Waals surface area contributed by atoms with Crippen LogP contribution in [0.15, 0.2) is 0 Å². The van der Waals surface area contributed by atoms with Crippen LogP contribution in [0.2, 0.25) is 0 Å². The predicted molar refractivity (Wildman–Crippen MR) is 48.0 cm³/mol. The van der Waals surface area contributed by atoms with Crippen LogP contribution in [0.5, 0.6) is 0 Å². The highest BCUT2D eigenvalue weighted by atomic mass is 16.2. The molecule has 14 heavy (non-hydrogen) atoms. The standard InChI is InChI=1S/C8H13N3O3/c1-5(12)11-8(6(9)13)3-2-4-10-7(8)14/h2-4H2,1H3,(H2,9,13)(H,10,14)(H,11,12). The van der Waals surface area contributed by atoms with Crippen LogP contribution in [-0.2, 0) is 14.4 Å². The minimum atomic E-state index is -1.55. The Labute approximate surface area is 81.2 Å². The summed E-state index contributed by atoms with van der Waals surface area (Å²) in [7, 11) is 0. The molecular weight excluding hydrogens is 186 g/mol. The van der Waals surface area contributed by atoms with Crippen LogP contribution in [-0.4, -0.2) is 29.8 Å². The second kappa shape index (κ2) is 3.65. The summed E-state index contributed by atoms with van der Waals surface area (Å²) in [6.07, 6.45) is 0.878. The monoisotopic (exact) mass is 199 g/mol. The van der Waals surface area contributed by atoms with Crippen LogP contribution in [0.4, 0.5) is 0 Å². The molecular formula is C8H13N3O3. The number of carbonyl (C=O) groups is 3. The summed E-state index contributed by atoms with van der Waals surface area (Å²) in [6, 6.07) is 0. The van der Waals surface area contributed by atoms with Crippen molar-refractivity contribution in [1.29, 1.82) is 0 Å². The van der Waals surface area contributed by atoms with E-state index in [9.17, 15) is 14.4 Å². The van der Waals surface area contributed by atoms with E-state index in [1.54, 1.807) is 0 Å². The van der Waals surface area contributed by atoms with Crippen molar-refractivity contribution in [3.8, 4) is 0 Å². The van der Waals surface area contributed by atoms with E-state index in [1.807, 2.05) is 0 Å². The van der Waals surface area contributed by atoms with Gasteiger partial charge in [-0.2, -0.15) is 0 Å². The van der Waals surface area contributed by atoms with Crippen LogP contribution in [0.25, 0.3) is 0 Å². The van der Waals surface area contributed by atoms with E-state index in [-0.39, 0.29) is 6.42 Å². The Bertz CT molecular complexity index is 290. The maximum absolute atomic E-state index is 11.5. The molecule has 0 aromatic carbocycles. The molecule has 0 aromatic heterocycles. The van der Waals surface area contributed by atoms with E-state index >= 15 is 0 Å². The van der Waals surface area contributed by atoms with Crippen LogP contribution in [0.1, 0.15) is 19.8 Å². The molecule has 78 valence electrons. The van der Waals surface area contributed by atoms with E-state index < -0.39 is 23.3 Å². The average Bonchev–Trinajstić information content (AvgIpc) is 2.08. The van der Waals surface area contributed by atoms with E-state index in [0.717, 1.165) is 0 Å². The second-order valence-corrected chi connectivity index (χ2v) is 3.31.